The molecule has 1 atom stereocenters. The van der Waals surface area contributed by atoms with Crippen molar-refractivity contribution in [2.45, 2.75) is 12.5 Å². The van der Waals surface area contributed by atoms with E-state index in [9.17, 15) is 4.39 Å². The van der Waals surface area contributed by atoms with Crippen LogP contribution < -0.4 is 11.3 Å². The van der Waals surface area contributed by atoms with Gasteiger partial charge in [-0.2, -0.15) is 0 Å². The number of hydrogen-bond donors (Lipinski definition) is 2. The van der Waals surface area contributed by atoms with Crippen LogP contribution in [-0.2, 0) is 6.42 Å². The zero-order chi connectivity index (χ0) is 13.8. The van der Waals surface area contributed by atoms with E-state index in [1.807, 2.05) is 18.2 Å². The molecular weight excluding hydrogens is 331 g/mol. The molecule has 0 fully saturated rings. The van der Waals surface area contributed by atoms with Crippen molar-refractivity contribution in [1.29, 1.82) is 0 Å². The van der Waals surface area contributed by atoms with Gasteiger partial charge in [-0.05, 0) is 41.8 Å². The highest BCUT2D eigenvalue weighted by Gasteiger charge is 2.15. The average molecular weight is 344 g/mol. The van der Waals surface area contributed by atoms with Gasteiger partial charge in [0.2, 0.25) is 0 Å². The lowest BCUT2D eigenvalue weighted by Crippen LogP contribution is -2.30. The molecule has 0 heterocycles. The first-order valence-electron chi connectivity index (χ1n) is 5.76. The predicted octanol–water partition coefficient (Wildman–Crippen LogP) is 3.99. The first-order valence-corrected chi connectivity index (χ1v) is 6.93. The van der Waals surface area contributed by atoms with E-state index in [0.29, 0.717) is 17.0 Å². The Labute approximate surface area is 124 Å². The normalized spacial score (nSPS) is 12.4. The molecule has 2 rings (SSSR count). The maximum atomic E-state index is 13.8. The summed E-state index contributed by atoms with van der Waals surface area (Å²) in [6.07, 6.45) is 0.422. The molecule has 2 aromatic rings. The Kier molecular flexibility index (Phi) is 4.93. The summed E-state index contributed by atoms with van der Waals surface area (Å²) < 4.78 is 14.6. The highest BCUT2D eigenvalue weighted by atomic mass is 79.9. The van der Waals surface area contributed by atoms with Gasteiger partial charge in [-0.3, -0.25) is 11.3 Å². The van der Waals surface area contributed by atoms with Gasteiger partial charge in [0.05, 0.1) is 6.04 Å². The monoisotopic (exact) mass is 342 g/mol. The van der Waals surface area contributed by atoms with Gasteiger partial charge in [0.15, 0.2) is 0 Å². The third kappa shape index (κ3) is 3.54. The van der Waals surface area contributed by atoms with E-state index in [4.69, 9.17) is 17.4 Å². The summed E-state index contributed by atoms with van der Waals surface area (Å²) in [4.78, 5) is 0. The summed E-state index contributed by atoms with van der Waals surface area (Å²) in [6.45, 7) is 0. The molecular formula is C14H13BrClFN2. The van der Waals surface area contributed by atoms with Crippen molar-refractivity contribution in [2.75, 3.05) is 0 Å². The Morgan fingerprint density at radius 2 is 2.00 bits per heavy atom. The van der Waals surface area contributed by atoms with E-state index in [0.717, 1.165) is 10.0 Å². The van der Waals surface area contributed by atoms with Crippen LogP contribution in [0.2, 0.25) is 5.02 Å². The first-order chi connectivity index (χ1) is 9.11. The number of nitrogens with one attached hydrogen (secondary N) is 1. The molecule has 1 unspecified atom stereocenters. The van der Waals surface area contributed by atoms with Gasteiger partial charge < -0.3 is 0 Å². The highest BCUT2D eigenvalue weighted by molar-refractivity contribution is 9.10. The predicted molar refractivity (Wildman–Crippen MR) is 79.3 cm³/mol. The molecule has 2 aromatic carbocycles. The van der Waals surface area contributed by atoms with Gasteiger partial charge in [0.1, 0.15) is 5.82 Å². The van der Waals surface area contributed by atoms with E-state index >= 15 is 0 Å². The van der Waals surface area contributed by atoms with E-state index in [1.165, 1.54) is 6.07 Å². The molecule has 0 spiro atoms. The van der Waals surface area contributed by atoms with E-state index in [2.05, 4.69) is 21.4 Å². The number of benzene rings is 2. The SMILES string of the molecule is NNC(Cc1cc(Br)ccc1F)c1ccccc1Cl. The van der Waals surface area contributed by atoms with Crippen LogP contribution in [0.15, 0.2) is 46.9 Å². The molecule has 19 heavy (non-hydrogen) atoms. The van der Waals surface area contributed by atoms with Crippen molar-refractivity contribution in [3.8, 4) is 0 Å². The second kappa shape index (κ2) is 6.48. The van der Waals surface area contributed by atoms with Gasteiger partial charge in [0, 0.05) is 9.50 Å². The van der Waals surface area contributed by atoms with Crippen LogP contribution in [-0.4, -0.2) is 0 Å². The van der Waals surface area contributed by atoms with Crippen LogP contribution in [0.5, 0.6) is 0 Å². The van der Waals surface area contributed by atoms with Crippen LogP contribution in [0.4, 0.5) is 4.39 Å². The van der Waals surface area contributed by atoms with E-state index in [-0.39, 0.29) is 11.9 Å². The topological polar surface area (TPSA) is 38.0 Å². The summed E-state index contributed by atoms with van der Waals surface area (Å²) in [5.41, 5.74) is 4.12. The number of halogens is 3. The largest absolute Gasteiger partial charge is 0.271 e. The molecule has 2 nitrogen and oxygen atoms in total. The first kappa shape index (κ1) is 14.5. The lowest BCUT2D eigenvalue weighted by atomic mass is 9.99. The average Bonchev–Trinajstić information content (AvgIpc) is 2.41. The third-order valence-corrected chi connectivity index (χ3v) is 3.75. The zero-order valence-electron chi connectivity index (χ0n) is 10.0. The third-order valence-electron chi connectivity index (χ3n) is 2.91. The molecule has 3 N–H and O–H groups in total. The van der Waals surface area contributed by atoms with E-state index in [1.54, 1.807) is 18.2 Å². The minimum atomic E-state index is -0.254. The van der Waals surface area contributed by atoms with Crippen molar-refractivity contribution in [2.24, 2.45) is 5.84 Å². The molecule has 5 heteroatoms. The summed E-state index contributed by atoms with van der Waals surface area (Å²) in [7, 11) is 0. The van der Waals surface area contributed by atoms with Gasteiger partial charge in [-0.15, -0.1) is 0 Å². The summed E-state index contributed by atoms with van der Waals surface area (Å²) >= 11 is 9.47. The summed E-state index contributed by atoms with van der Waals surface area (Å²) in [6, 6.07) is 12.0. The van der Waals surface area contributed by atoms with Crippen molar-refractivity contribution < 1.29 is 4.39 Å². The molecule has 0 aliphatic rings. The van der Waals surface area contributed by atoms with Crippen molar-refractivity contribution >= 4 is 27.5 Å². The Hall–Kier alpha value is -0.940. The lowest BCUT2D eigenvalue weighted by molar-refractivity contribution is 0.529. The fourth-order valence-corrected chi connectivity index (χ4v) is 2.61. The molecule has 0 amide bonds. The fraction of sp³-hybridized carbons (Fsp3) is 0.143. The van der Waals surface area contributed by atoms with Crippen molar-refractivity contribution in [3.05, 3.63) is 68.9 Å². The molecule has 0 saturated carbocycles. The Morgan fingerprint density at radius 1 is 1.26 bits per heavy atom. The van der Waals surface area contributed by atoms with Crippen molar-refractivity contribution in [1.82, 2.24) is 5.43 Å². The molecule has 100 valence electrons. The maximum Gasteiger partial charge on any atom is 0.126 e. The van der Waals surface area contributed by atoms with Gasteiger partial charge in [-0.25, -0.2) is 4.39 Å². The molecule has 0 radical (unpaired) electrons. The minimum absolute atomic E-state index is 0.238. The molecule has 0 bridgehead atoms. The standard InChI is InChI=1S/C14H13BrClFN2/c15-10-5-6-13(17)9(7-10)8-14(19-18)11-3-1-2-4-12(11)16/h1-7,14,19H,8,18H2. The molecule has 0 aliphatic heterocycles. The number of rotatable bonds is 4. The highest BCUT2D eigenvalue weighted by Crippen LogP contribution is 2.27. The zero-order valence-corrected chi connectivity index (χ0v) is 12.4. The fourth-order valence-electron chi connectivity index (χ4n) is 1.94. The van der Waals surface area contributed by atoms with Gasteiger partial charge in [-0.1, -0.05) is 45.7 Å². The van der Waals surface area contributed by atoms with Gasteiger partial charge in [0.25, 0.3) is 0 Å². The van der Waals surface area contributed by atoms with Crippen LogP contribution in [0.3, 0.4) is 0 Å². The lowest BCUT2D eigenvalue weighted by Gasteiger charge is -2.18. The van der Waals surface area contributed by atoms with Crippen LogP contribution in [0.1, 0.15) is 17.2 Å². The molecule has 0 saturated heterocycles. The minimum Gasteiger partial charge on any atom is -0.271 e. The molecule has 0 aliphatic carbocycles. The Morgan fingerprint density at radius 3 is 2.68 bits per heavy atom. The second-order valence-corrected chi connectivity index (χ2v) is 5.50. The van der Waals surface area contributed by atoms with Crippen LogP contribution in [0, 0.1) is 5.82 Å². The van der Waals surface area contributed by atoms with Gasteiger partial charge >= 0.3 is 0 Å². The number of hydrogen-bond acceptors (Lipinski definition) is 2. The number of nitrogens with two attached hydrogens (primary N) is 1. The maximum absolute atomic E-state index is 13.8. The van der Waals surface area contributed by atoms with E-state index < -0.39 is 0 Å². The smallest absolute Gasteiger partial charge is 0.126 e. The Bertz CT molecular complexity index is 577. The number of hydrazine groups is 1. The summed E-state index contributed by atoms with van der Waals surface area (Å²) in [5.74, 6) is 5.31. The van der Waals surface area contributed by atoms with Crippen LogP contribution >= 0.6 is 27.5 Å². The quantitative estimate of drug-likeness (QED) is 0.651. The summed E-state index contributed by atoms with van der Waals surface area (Å²) in [5, 5.41) is 0.612. The molecule has 0 aromatic heterocycles. The van der Waals surface area contributed by atoms with Crippen LogP contribution in [0.25, 0.3) is 0 Å². The van der Waals surface area contributed by atoms with Crippen molar-refractivity contribution in [3.63, 3.8) is 0 Å². The second-order valence-electron chi connectivity index (χ2n) is 4.18. The Balaban J connectivity index is 2.29.